The van der Waals surface area contributed by atoms with Crippen molar-refractivity contribution in [3.63, 3.8) is 0 Å². The predicted octanol–water partition coefficient (Wildman–Crippen LogP) is 3.68. The van der Waals surface area contributed by atoms with Crippen LogP contribution in [0.25, 0.3) is 0 Å². The number of hydrogen-bond donors (Lipinski definition) is 1. The Labute approximate surface area is 160 Å². The van der Waals surface area contributed by atoms with E-state index in [2.05, 4.69) is 33.3 Å². The number of rotatable bonds is 4. The fraction of sp³-hybridized carbons (Fsp3) is 0.409. The third-order valence-electron chi connectivity index (χ3n) is 5.44. The highest BCUT2D eigenvalue weighted by atomic mass is 16.5. The van der Waals surface area contributed by atoms with Crippen LogP contribution >= 0.6 is 0 Å². The van der Waals surface area contributed by atoms with Gasteiger partial charge < -0.3 is 19.9 Å². The lowest BCUT2D eigenvalue weighted by molar-refractivity contribution is 0.102. The molecule has 142 valence electrons. The Kier molecular flexibility index (Phi) is 5.30. The van der Waals surface area contributed by atoms with Gasteiger partial charge in [-0.3, -0.25) is 4.79 Å². The molecule has 5 nitrogen and oxygen atoms in total. The van der Waals surface area contributed by atoms with E-state index in [-0.39, 0.29) is 5.91 Å². The number of hydrogen-bond acceptors (Lipinski definition) is 4. The lowest BCUT2D eigenvalue weighted by atomic mass is 10.1. The van der Waals surface area contributed by atoms with Gasteiger partial charge in [-0.05, 0) is 49.6 Å². The monoisotopic (exact) mass is 365 g/mol. The summed E-state index contributed by atoms with van der Waals surface area (Å²) in [7, 11) is 0. The number of carbonyl (C=O) groups is 1. The van der Waals surface area contributed by atoms with Crippen LogP contribution in [-0.2, 0) is 4.74 Å². The van der Waals surface area contributed by atoms with Gasteiger partial charge in [-0.25, -0.2) is 0 Å². The van der Waals surface area contributed by atoms with E-state index in [1.165, 1.54) is 12.8 Å². The average molecular weight is 365 g/mol. The van der Waals surface area contributed by atoms with Gasteiger partial charge in [0.1, 0.15) is 0 Å². The lowest BCUT2D eigenvalue weighted by Gasteiger charge is -2.30. The molecular weight excluding hydrogens is 338 g/mol. The van der Waals surface area contributed by atoms with Crippen LogP contribution in [0.3, 0.4) is 0 Å². The normalized spacial score (nSPS) is 17.2. The Balaban J connectivity index is 1.64. The van der Waals surface area contributed by atoms with E-state index in [4.69, 9.17) is 4.74 Å². The molecule has 27 heavy (non-hydrogen) atoms. The van der Waals surface area contributed by atoms with Crippen molar-refractivity contribution in [1.29, 1.82) is 0 Å². The van der Waals surface area contributed by atoms with E-state index in [1.54, 1.807) is 0 Å². The van der Waals surface area contributed by atoms with Crippen molar-refractivity contribution in [1.82, 2.24) is 0 Å². The number of nitrogens with zero attached hydrogens (tertiary/aromatic N) is 2. The average Bonchev–Trinajstić information content (AvgIpc) is 3.23. The third-order valence-corrected chi connectivity index (χ3v) is 5.44. The van der Waals surface area contributed by atoms with E-state index in [1.807, 2.05) is 31.2 Å². The Morgan fingerprint density at radius 3 is 2.44 bits per heavy atom. The maximum atomic E-state index is 12.9. The van der Waals surface area contributed by atoms with E-state index in [0.29, 0.717) is 0 Å². The summed E-state index contributed by atoms with van der Waals surface area (Å²) in [5, 5.41) is 3.19. The van der Waals surface area contributed by atoms with Crippen LogP contribution in [0.1, 0.15) is 28.8 Å². The van der Waals surface area contributed by atoms with Gasteiger partial charge in [0.05, 0.1) is 24.6 Å². The van der Waals surface area contributed by atoms with Crippen molar-refractivity contribution in [2.24, 2.45) is 0 Å². The topological polar surface area (TPSA) is 44.8 Å². The fourth-order valence-electron chi connectivity index (χ4n) is 3.89. The van der Waals surface area contributed by atoms with Crippen molar-refractivity contribution in [2.75, 3.05) is 54.5 Å². The molecule has 2 fully saturated rings. The zero-order chi connectivity index (χ0) is 18.6. The molecule has 2 saturated heterocycles. The van der Waals surface area contributed by atoms with Crippen molar-refractivity contribution >= 4 is 23.0 Å². The number of ether oxygens (including phenoxy) is 1. The number of amides is 1. The highest BCUT2D eigenvalue weighted by Gasteiger charge is 2.20. The van der Waals surface area contributed by atoms with Crippen molar-refractivity contribution < 1.29 is 9.53 Å². The molecule has 2 aromatic carbocycles. The summed E-state index contributed by atoms with van der Waals surface area (Å²) in [6.45, 7) is 7.33. The second-order valence-corrected chi connectivity index (χ2v) is 7.26. The van der Waals surface area contributed by atoms with Crippen molar-refractivity contribution in [3.8, 4) is 0 Å². The number of carbonyl (C=O) groups excluding carboxylic acids is 1. The molecule has 5 heteroatoms. The molecule has 1 amide bonds. The van der Waals surface area contributed by atoms with Gasteiger partial charge in [-0.1, -0.05) is 18.2 Å². The van der Waals surface area contributed by atoms with Gasteiger partial charge in [0.15, 0.2) is 0 Å². The van der Waals surface area contributed by atoms with Crippen LogP contribution < -0.4 is 15.1 Å². The minimum Gasteiger partial charge on any atom is -0.378 e. The fourth-order valence-corrected chi connectivity index (χ4v) is 3.89. The molecule has 0 aromatic heterocycles. The molecule has 4 rings (SSSR count). The first-order valence-electron chi connectivity index (χ1n) is 9.81. The summed E-state index contributed by atoms with van der Waals surface area (Å²) in [5.74, 6) is -0.0484. The predicted molar refractivity (Wildman–Crippen MR) is 110 cm³/mol. The van der Waals surface area contributed by atoms with E-state index >= 15 is 0 Å². The first-order chi connectivity index (χ1) is 13.2. The summed E-state index contributed by atoms with van der Waals surface area (Å²) < 4.78 is 5.47. The zero-order valence-corrected chi connectivity index (χ0v) is 15.9. The number of morpholine rings is 1. The largest absolute Gasteiger partial charge is 0.378 e. The highest BCUT2D eigenvalue weighted by molar-refractivity contribution is 6.07. The lowest BCUT2D eigenvalue weighted by Crippen LogP contribution is -2.36. The Hall–Kier alpha value is -2.53. The molecule has 0 saturated carbocycles. The first-order valence-corrected chi connectivity index (χ1v) is 9.81. The summed E-state index contributed by atoms with van der Waals surface area (Å²) in [4.78, 5) is 17.6. The third kappa shape index (κ3) is 3.93. The van der Waals surface area contributed by atoms with Crippen LogP contribution in [0.5, 0.6) is 0 Å². The second-order valence-electron chi connectivity index (χ2n) is 7.26. The van der Waals surface area contributed by atoms with Crippen LogP contribution in [0, 0.1) is 6.92 Å². The molecule has 0 atom stereocenters. The molecule has 0 bridgehead atoms. The van der Waals surface area contributed by atoms with Crippen molar-refractivity contribution in [3.05, 3.63) is 53.6 Å². The molecule has 2 aliphatic heterocycles. The van der Waals surface area contributed by atoms with Gasteiger partial charge in [0.25, 0.3) is 5.91 Å². The van der Waals surface area contributed by atoms with Crippen LogP contribution in [-0.4, -0.2) is 45.3 Å². The highest BCUT2D eigenvalue weighted by Crippen LogP contribution is 2.33. The molecule has 0 unspecified atom stereocenters. The van der Waals surface area contributed by atoms with Gasteiger partial charge >= 0.3 is 0 Å². The Morgan fingerprint density at radius 1 is 0.963 bits per heavy atom. The molecule has 0 aliphatic carbocycles. The summed E-state index contributed by atoms with van der Waals surface area (Å²) in [6.07, 6.45) is 2.41. The van der Waals surface area contributed by atoms with Gasteiger partial charge in [0.2, 0.25) is 0 Å². The van der Waals surface area contributed by atoms with Crippen LogP contribution in [0.4, 0.5) is 17.1 Å². The zero-order valence-electron chi connectivity index (χ0n) is 15.9. The smallest absolute Gasteiger partial charge is 0.255 e. The molecular formula is C22H27N3O2. The minimum absolute atomic E-state index is 0.0484. The standard InChI is InChI=1S/C22H27N3O2/c1-17-6-2-3-7-19(17)22(26)23-20-16-18(24-12-14-27-15-13-24)8-9-21(20)25-10-4-5-11-25/h2-3,6-9,16H,4-5,10-15H2,1H3,(H,23,26). The van der Waals surface area contributed by atoms with Gasteiger partial charge in [0, 0.05) is 37.4 Å². The molecule has 2 aromatic rings. The van der Waals surface area contributed by atoms with Gasteiger partial charge in [-0.15, -0.1) is 0 Å². The van der Waals surface area contributed by atoms with E-state index in [0.717, 1.165) is 67.6 Å². The second kappa shape index (κ2) is 8.01. The SMILES string of the molecule is Cc1ccccc1C(=O)Nc1cc(N2CCOCC2)ccc1N1CCCC1. The Bertz CT molecular complexity index is 809. The summed E-state index contributed by atoms with van der Waals surface area (Å²) >= 11 is 0. The molecule has 2 aliphatic rings. The van der Waals surface area contributed by atoms with E-state index in [9.17, 15) is 4.79 Å². The minimum atomic E-state index is -0.0484. The van der Waals surface area contributed by atoms with Crippen molar-refractivity contribution in [2.45, 2.75) is 19.8 Å². The summed E-state index contributed by atoms with van der Waals surface area (Å²) in [5.41, 5.74) is 4.87. The quantitative estimate of drug-likeness (QED) is 0.898. The summed E-state index contributed by atoms with van der Waals surface area (Å²) in [6, 6.07) is 14.2. The maximum Gasteiger partial charge on any atom is 0.255 e. The molecule has 2 heterocycles. The number of aryl methyl sites for hydroxylation is 1. The molecule has 1 N–H and O–H groups in total. The number of anilines is 3. The van der Waals surface area contributed by atoms with Crippen LogP contribution in [0.15, 0.2) is 42.5 Å². The number of nitrogens with one attached hydrogen (secondary N) is 1. The Morgan fingerprint density at radius 2 is 1.70 bits per heavy atom. The van der Waals surface area contributed by atoms with Gasteiger partial charge in [-0.2, -0.15) is 0 Å². The molecule has 0 radical (unpaired) electrons. The first kappa shape index (κ1) is 17.9. The maximum absolute atomic E-state index is 12.9. The number of benzene rings is 2. The van der Waals surface area contributed by atoms with E-state index < -0.39 is 0 Å². The molecule has 0 spiro atoms. The van der Waals surface area contributed by atoms with Crippen LogP contribution in [0.2, 0.25) is 0 Å².